The van der Waals surface area contributed by atoms with E-state index < -0.39 is 17.9 Å². The average molecular weight is 215 g/mol. The lowest BCUT2D eigenvalue weighted by Gasteiger charge is -2.09. The zero-order valence-electron chi connectivity index (χ0n) is 7.43. The number of carboxylic acid groups (broad SMARTS) is 1. The van der Waals surface area contributed by atoms with Gasteiger partial charge in [-0.2, -0.15) is 8.75 Å². The topological polar surface area (TPSA) is 92.2 Å². The van der Waals surface area contributed by atoms with Crippen LogP contribution in [0.15, 0.2) is 6.20 Å². The Labute approximate surface area is 84.3 Å². The van der Waals surface area contributed by atoms with Gasteiger partial charge in [0.05, 0.1) is 24.3 Å². The minimum atomic E-state index is -0.950. The molecule has 6 nitrogen and oxygen atoms in total. The monoisotopic (exact) mass is 215 g/mol. The quantitative estimate of drug-likeness (QED) is 0.744. The molecular weight excluding hydrogens is 206 g/mol. The lowest BCUT2D eigenvalue weighted by atomic mass is 10.2. The van der Waals surface area contributed by atoms with Crippen LogP contribution in [-0.4, -0.2) is 31.8 Å². The Hall–Kier alpha value is -1.50. The number of nitrogens with zero attached hydrogens (tertiary/aromatic N) is 2. The lowest BCUT2D eigenvalue weighted by Crippen LogP contribution is -2.34. The van der Waals surface area contributed by atoms with E-state index in [1.165, 1.54) is 6.20 Å². The highest BCUT2D eigenvalue weighted by atomic mass is 32.1. The van der Waals surface area contributed by atoms with E-state index in [0.717, 1.165) is 11.7 Å². The number of aliphatic carboxylic acids is 1. The zero-order valence-corrected chi connectivity index (χ0v) is 8.24. The second kappa shape index (κ2) is 4.66. The van der Waals surface area contributed by atoms with Crippen molar-refractivity contribution in [3.63, 3.8) is 0 Å². The molecule has 0 radical (unpaired) electrons. The molecular formula is C7H9N3O3S. The van der Waals surface area contributed by atoms with Crippen LogP contribution in [0.2, 0.25) is 0 Å². The highest BCUT2D eigenvalue weighted by Gasteiger charge is 2.13. The molecule has 1 aromatic heterocycles. The van der Waals surface area contributed by atoms with Crippen LogP contribution in [0.1, 0.15) is 23.8 Å². The second-order valence-electron chi connectivity index (χ2n) is 2.77. The van der Waals surface area contributed by atoms with E-state index in [1.54, 1.807) is 6.92 Å². The number of carboxylic acids is 1. The maximum atomic E-state index is 11.3. The van der Waals surface area contributed by atoms with Crippen LogP contribution in [0.5, 0.6) is 0 Å². The van der Waals surface area contributed by atoms with Crippen LogP contribution in [0.3, 0.4) is 0 Å². The summed E-state index contributed by atoms with van der Waals surface area (Å²) in [6.07, 6.45) is 1.23. The van der Waals surface area contributed by atoms with Gasteiger partial charge in [-0.05, 0) is 6.92 Å². The molecule has 2 N–H and O–H groups in total. The molecule has 7 heteroatoms. The minimum absolute atomic E-state index is 0.108. The molecule has 76 valence electrons. The van der Waals surface area contributed by atoms with Crippen molar-refractivity contribution in [1.82, 2.24) is 14.1 Å². The predicted octanol–water partition coefficient (Wildman–Crippen LogP) is 0.131. The Bertz CT molecular complexity index is 325. The summed E-state index contributed by atoms with van der Waals surface area (Å²) in [6.45, 7) is 1.62. The molecule has 1 heterocycles. The molecule has 0 aliphatic rings. The van der Waals surface area contributed by atoms with Crippen LogP contribution in [-0.2, 0) is 4.79 Å². The molecule has 14 heavy (non-hydrogen) atoms. The Kier molecular flexibility index (Phi) is 3.52. The maximum absolute atomic E-state index is 11.3. The SMILES string of the molecule is C[C@H](CC(=O)O)NC(=O)c1cnsn1. The van der Waals surface area contributed by atoms with Crippen LogP contribution in [0, 0.1) is 0 Å². The van der Waals surface area contributed by atoms with Gasteiger partial charge in [0.1, 0.15) is 0 Å². The summed E-state index contributed by atoms with van der Waals surface area (Å²) in [5, 5.41) is 10.9. The van der Waals surface area contributed by atoms with E-state index in [0.29, 0.717) is 0 Å². The van der Waals surface area contributed by atoms with E-state index in [4.69, 9.17) is 5.11 Å². The molecule has 1 aromatic rings. The van der Waals surface area contributed by atoms with E-state index in [2.05, 4.69) is 14.1 Å². The van der Waals surface area contributed by atoms with Gasteiger partial charge in [0.15, 0.2) is 5.69 Å². The van der Waals surface area contributed by atoms with Crippen LogP contribution < -0.4 is 5.32 Å². The highest BCUT2D eigenvalue weighted by molar-refractivity contribution is 6.99. The van der Waals surface area contributed by atoms with E-state index >= 15 is 0 Å². The third-order valence-electron chi connectivity index (χ3n) is 1.45. The van der Waals surface area contributed by atoms with Crippen molar-refractivity contribution >= 4 is 23.6 Å². The normalized spacial score (nSPS) is 12.1. The van der Waals surface area contributed by atoms with Crippen LogP contribution >= 0.6 is 11.7 Å². The lowest BCUT2D eigenvalue weighted by molar-refractivity contribution is -0.137. The van der Waals surface area contributed by atoms with Crippen molar-refractivity contribution in [3.8, 4) is 0 Å². The average Bonchev–Trinajstić information content (AvgIpc) is 2.53. The number of carbonyl (C=O) groups is 2. The number of rotatable bonds is 4. The van der Waals surface area contributed by atoms with Gasteiger partial charge in [-0.3, -0.25) is 9.59 Å². The Morgan fingerprint density at radius 1 is 1.71 bits per heavy atom. The van der Waals surface area contributed by atoms with Crippen LogP contribution in [0.25, 0.3) is 0 Å². The second-order valence-corrected chi connectivity index (χ2v) is 3.32. The van der Waals surface area contributed by atoms with Gasteiger partial charge < -0.3 is 10.4 Å². The Morgan fingerprint density at radius 2 is 2.43 bits per heavy atom. The van der Waals surface area contributed by atoms with E-state index in [9.17, 15) is 9.59 Å². The number of amides is 1. The summed E-state index contributed by atoms with van der Waals surface area (Å²) < 4.78 is 7.38. The largest absolute Gasteiger partial charge is 0.481 e. The molecule has 1 amide bonds. The number of nitrogens with one attached hydrogen (secondary N) is 1. The van der Waals surface area contributed by atoms with E-state index in [1.807, 2.05) is 0 Å². The molecule has 0 saturated heterocycles. The number of hydrogen-bond donors (Lipinski definition) is 2. The van der Waals surface area contributed by atoms with Gasteiger partial charge >= 0.3 is 5.97 Å². The molecule has 0 spiro atoms. The Balaban J connectivity index is 2.45. The van der Waals surface area contributed by atoms with Crippen molar-refractivity contribution in [2.45, 2.75) is 19.4 Å². The first-order chi connectivity index (χ1) is 6.59. The summed E-state index contributed by atoms with van der Waals surface area (Å²) in [5.41, 5.74) is 0.215. The Morgan fingerprint density at radius 3 is 2.93 bits per heavy atom. The molecule has 0 aromatic carbocycles. The fourth-order valence-corrected chi connectivity index (χ4v) is 1.29. The zero-order chi connectivity index (χ0) is 10.6. The summed E-state index contributed by atoms with van der Waals surface area (Å²) in [4.78, 5) is 21.6. The maximum Gasteiger partial charge on any atom is 0.305 e. The van der Waals surface area contributed by atoms with Gasteiger partial charge in [0, 0.05) is 6.04 Å². The standard InChI is InChI=1S/C7H9N3O3S/c1-4(2-6(11)12)9-7(13)5-3-8-14-10-5/h3-4H,2H2,1H3,(H,9,13)(H,11,12)/t4-/m1/s1. The van der Waals surface area contributed by atoms with E-state index in [-0.39, 0.29) is 12.1 Å². The van der Waals surface area contributed by atoms with Gasteiger partial charge in [0.25, 0.3) is 5.91 Å². The van der Waals surface area contributed by atoms with Gasteiger partial charge in [0.2, 0.25) is 0 Å². The highest BCUT2D eigenvalue weighted by Crippen LogP contribution is 1.97. The van der Waals surface area contributed by atoms with Crippen molar-refractivity contribution < 1.29 is 14.7 Å². The molecule has 0 aliphatic heterocycles. The summed E-state index contributed by atoms with van der Waals surface area (Å²) in [7, 11) is 0. The smallest absolute Gasteiger partial charge is 0.305 e. The molecule has 0 unspecified atom stereocenters. The number of carbonyl (C=O) groups excluding carboxylic acids is 1. The van der Waals surface area contributed by atoms with Gasteiger partial charge in [-0.15, -0.1) is 0 Å². The number of aromatic nitrogens is 2. The van der Waals surface area contributed by atoms with Crippen molar-refractivity contribution in [2.24, 2.45) is 0 Å². The van der Waals surface area contributed by atoms with Gasteiger partial charge in [-0.25, -0.2) is 0 Å². The fourth-order valence-electron chi connectivity index (χ4n) is 0.875. The molecule has 1 rings (SSSR count). The third kappa shape index (κ3) is 3.09. The molecule has 0 fully saturated rings. The third-order valence-corrected chi connectivity index (χ3v) is 1.93. The molecule has 0 aliphatic carbocycles. The molecule has 1 atom stereocenters. The van der Waals surface area contributed by atoms with Crippen LogP contribution in [0.4, 0.5) is 0 Å². The first-order valence-electron chi connectivity index (χ1n) is 3.90. The number of hydrogen-bond acceptors (Lipinski definition) is 5. The minimum Gasteiger partial charge on any atom is -0.481 e. The van der Waals surface area contributed by atoms with Crippen molar-refractivity contribution in [2.75, 3.05) is 0 Å². The summed E-state index contributed by atoms with van der Waals surface area (Å²) >= 11 is 0.932. The first kappa shape index (κ1) is 10.6. The first-order valence-corrected chi connectivity index (χ1v) is 4.63. The molecule has 0 bridgehead atoms. The summed E-state index contributed by atoms with van der Waals surface area (Å²) in [6, 6.07) is -0.415. The van der Waals surface area contributed by atoms with Gasteiger partial charge in [-0.1, -0.05) is 0 Å². The molecule has 0 saturated carbocycles. The predicted molar refractivity (Wildman–Crippen MR) is 49.1 cm³/mol. The van der Waals surface area contributed by atoms with Crippen molar-refractivity contribution in [3.05, 3.63) is 11.9 Å². The van der Waals surface area contributed by atoms with Crippen molar-refractivity contribution in [1.29, 1.82) is 0 Å². The fraction of sp³-hybridized carbons (Fsp3) is 0.429. The summed E-state index contributed by atoms with van der Waals surface area (Å²) in [5.74, 6) is -1.35.